The third kappa shape index (κ3) is 3.39. The van der Waals surface area contributed by atoms with Crippen LogP contribution < -0.4 is 5.32 Å². The van der Waals surface area contributed by atoms with Crippen LogP contribution in [0.1, 0.15) is 24.8 Å². The molecule has 0 saturated carbocycles. The molecule has 1 aromatic rings. The average molecular weight is 232 g/mol. The van der Waals surface area contributed by atoms with Gasteiger partial charge in [-0.3, -0.25) is 10.1 Å². The summed E-state index contributed by atoms with van der Waals surface area (Å²) >= 11 is 0. The van der Waals surface area contributed by atoms with Gasteiger partial charge >= 0.3 is 0 Å². The lowest BCUT2D eigenvalue weighted by molar-refractivity contribution is -0.384. The van der Waals surface area contributed by atoms with Gasteiger partial charge in [-0.25, -0.2) is 0 Å². The van der Waals surface area contributed by atoms with E-state index in [-0.39, 0.29) is 10.6 Å². The monoisotopic (exact) mass is 232 g/mol. The zero-order valence-corrected chi connectivity index (χ0v) is 9.63. The molecule has 0 saturated heterocycles. The lowest BCUT2D eigenvalue weighted by Crippen LogP contribution is -2.27. The Kier molecular flexibility index (Phi) is 3.88. The molecule has 17 heavy (non-hydrogen) atoms. The van der Waals surface area contributed by atoms with Crippen LogP contribution in [0.5, 0.6) is 0 Å². The Balaban J connectivity index is 1.94. The van der Waals surface area contributed by atoms with Crippen LogP contribution in [0.15, 0.2) is 36.4 Å². The highest BCUT2D eigenvalue weighted by molar-refractivity contribution is 5.34. The fourth-order valence-corrected chi connectivity index (χ4v) is 2.01. The van der Waals surface area contributed by atoms with Crippen LogP contribution in [-0.4, -0.2) is 11.0 Å². The molecule has 1 N–H and O–H groups in total. The molecule has 0 spiro atoms. The second kappa shape index (κ2) is 5.59. The number of nitro groups is 1. The maximum Gasteiger partial charge on any atom is 0.269 e. The highest BCUT2D eigenvalue weighted by atomic mass is 16.6. The SMILES string of the molecule is O=[N+]([O-])c1cccc(CNC2C=CCCC2)c1. The van der Waals surface area contributed by atoms with E-state index in [2.05, 4.69) is 17.5 Å². The van der Waals surface area contributed by atoms with Gasteiger partial charge in [0.05, 0.1) is 4.92 Å². The van der Waals surface area contributed by atoms with Gasteiger partial charge < -0.3 is 5.32 Å². The highest BCUT2D eigenvalue weighted by Gasteiger charge is 2.09. The summed E-state index contributed by atoms with van der Waals surface area (Å²) < 4.78 is 0. The Bertz CT molecular complexity index is 429. The van der Waals surface area contributed by atoms with Crippen LogP contribution in [0.3, 0.4) is 0 Å². The van der Waals surface area contributed by atoms with E-state index >= 15 is 0 Å². The lowest BCUT2D eigenvalue weighted by Gasteiger charge is -2.17. The summed E-state index contributed by atoms with van der Waals surface area (Å²) in [6.45, 7) is 0.677. The number of nitrogens with one attached hydrogen (secondary N) is 1. The van der Waals surface area contributed by atoms with Crippen molar-refractivity contribution < 1.29 is 4.92 Å². The molecule has 1 unspecified atom stereocenters. The maximum absolute atomic E-state index is 10.6. The van der Waals surface area contributed by atoms with Crippen molar-refractivity contribution >= 4 is 5.69 Å². The highest BCUT2D eigenvalue weighted by Crippen LogP contribution is 2.14. The van der Waals surface area contributed by atoms with E-state index in [9.17, 15) is 10.1 Å². The van der Waals surface area contributed by atoms with E-state index in [4.69, 9.17) is 0 Å². The minimum absolute atomic E-state index is 0.156. The molecule has 1 aromatic carbocycles. The van der Waals surface area contributed by atoms with Crippen LogP contribution in [0.2, 0.25) is 0 Å². The van der Waals surface area contributed by atoms with Crippen molar-refractivity contribution in [3.63, 3.8) is 0 Å². The molecule has 0 aromatic heterocycles. The smallest absolute Gasteiger partial charge is 0.269 e. The van der Waals surface area contributed by atoms with Gasteiger partial charge in [0.2, 0.25) is 0 Å². The molecule has 0 amide bonds. The number of nitro benzene ring substituents is 1. The lowest BCUT2D eigenvalue weighted by atomic mass is 10.0. The standard InChI is InChI=1S/C13H16N2O2/c16-15(17)13-8-4-5-11(9-13)10-14-12-6-2-1-3-7-12/h2,4-6,8-9,12,14H,1,3,7,10H2. The molecule has 0 bridgehead atoms. The molecule has 0 heterocycles. The van der Waals surface area contributed by atoms with Crippen molar-refractivity contribution in [2.75, 3.05) is 0 Å². The molecule has 1 aliphatic rings. The quantitative estimate of drug-likeness (QED) is 0.493. The van der Waals surface area contributed by atoms with Crippen molar-refractivity contribution in [3.8, 4) is 0 Å². The molecule has 0 radical (unpaired) electrons. The number of hydrogen-bond acceptors (Lipinski definition) is 3. The van der Waals surface area contributed by atoms with E-state index < -0.39 is 0 Å². The minimum Gasteiger partial charge on any atom is -0.306 e. The van der Waals surface area contributed by atoms with Crippen molar-refractivity contribution in [3.05, 3.63) is 52.1 Å². The van der Waals surface area contributed by atoms with Crippen LogP contribution in [0, 0.1) is 10.1 Å². The first-order valence-corrected chi connectivity index (χ1v) is 5.89. The normalized spacial score (nSPS) is 19.2. The first kappa shape index (κ1) is 11.8. The Morgan fingerprint density at radius 1 is 1.47 bits per heavy atom. The summed E-state index contributed by atoms with van der Waals surface area (Å²) in [4.78, 5) is 10.3. The zero-order valence-electron chi connectivity index (χ0n) is 9.63. The largest absolute Gasteiger partial charge is 0.306 e. The van der Waals surface area contributed by atoms with Crippen LogP contribution in [0.4, 0.5) is 5.69 Å². The topological polar surface area (TPSA) is 55.2 Å². The molecule has 2 rings (SSSR count). The van der Waals surface area contributed by atoms with Gasteiger partial charge in [-0.15, -0.1) is 0 Å². The summed E-state index contributed by atoms with van der Waals surface area (Å²) in [5.74, 6) is 0. The molecular weight excluding hydrogens is 216 g/mol. The molecule has 90 valence electrons. The van der Waals surface area contributed by atoms with Crippen LogP contribution >= 0.6 is 0 Å². The molecular formula is C13H16N2O2. The number of benzene rings is 1. The second-order valence-electron chi connectivity index (χ2n) is 4.27. The van der Waals surface area contributed by atoms with Crippen molar-refractivity contribution in [1.29, 1.82) is 0 Å². The van der Waals surface area contributed by atoms with Gasteiger partial charge in [0.15, 0.2) is 0 Å². The van der Waals surface area contributed by atoms with Gasteiger partial charge in [-0.1, -0.05) is 24.3 Å². The summed E-state index contributed by atoms with van der Waals surface area (Å²) in [6.07, 6.45) is 7.89. The average Bonchev–Trinajstić information content (AvgIpc) is 2.38. The van der Waals surface area contributed by atoms with E-state index in [1.807, 2.05) is 6.07 Å². The van der Waals surface area contributed by atoms with Crippen molar-refractivity contribution in [1.82, 2.24) is 5.32 Å². The summed E-state index contributed by atoms with van der Waals surface area (Å²) in [5, 5.41) is 14.0. The minimum atomic E-state index is -0.357. The third-order valence-corrected chi connectivity index (χ3v) is 2.94. The molecule has 4 heteroatoms. The van der Waals surface area contributed by atoms with Gasteiger partial charge in [0, 0.05) is 24.7 Å². The van der Waals surface area contributed by atoms with E-state index in [0.29, 0.717) is 12.6 Å². The van der Waals surface area contributed by atoms with E-state index in [1.54, 1.807) is 12.1 Å². The predicted molar refractivity (Wildman–Crippen MR) is 66.7 cm³/mol. The van der Waals surface area contributed by atoms with Crippen molar-refractivity contribution in [2.24, 2.45) is 0 Å². The zero-order chi connectivity index (χ0) is 12.1. The maximum atomic E-state index is 10.6. The van der Waals surface area contributed by atoms with Gasteiger partial charge in [0.25, 0.3) is 5.69 Å². The number of hydrogen-bond donors (Lipinski definition) is 1. The summed E-state index contributed by atoms with van der Waals surface area (Å²) in [7, 11) is 0. The number of non-ortho nitro benzene ring substituents is 1. The first-order valence-electron chi connectivity index (χ1n) is 5.89. The van der Waals surface area contributed by atoms with Crippen molar-refractivity contribution in [2.45, 2.75) is 31.8 Å². The molecule has 1 aliphatic carbocycles. The Hall–Kier alpha value is -1.68. The first-order chi connectivity index (χ1) is 8.25. The Morgan fingerprint density at radius 3 is 3.06 bits per heavy atom. The summed E-state index contributed by atoms with van der Waals surface area (Å²) in [5.41, 5.74) is 1.11. The van der Waals surface area contributed by atoms with Gasteiger partial charge in [-0.2, -0.15) is 0 Å². The van der Waals surface area contributed by atoms with Gasteiger partial charge in [-0.05, 0) is 24.8 Å². The van der Waals surface area contributed by atoms with Crippen LogP contribution in [0.25, 0.3) is 0 Å². The molecule has 1 atom stereocenters. The molecule has 0 aliphatic heterocycles. The molecule has 4 nitrogen and oxygen atoms in total. The predicted octanol–water partition coefficient (Wildman–Crippen LogP) is 2.79. The molecule has 0 fully saturated rings. The van der Waals surface area contributed by atoms with E-state index in [1.165, 1.54) is 12.5 Å². The number of rotatable bonds is 4. The number of allylic oxidation sites excluding steroid dienone is 1. The fourth-order valence-electron chi connectivity index (χ4n) is 2.01. The van der Waals surface area contributed by atoms with Crippen LogP contribution in [-0.2, 0) is 6.54 Å². The second-order valence-corrected chi connectivity index (χ2v) is 4.27. The Labute approximate surface area is 100 Å². The fraction of sp³-hybridized carbons (Fsp3) is 0.385. The van der Waals surface area contributed by atoms with Gasteiger partial charge in [0.1, 0.15) is 0 Å². The summed E-state index contributed by atoms with van der Waals surface area (Å²) in [6, 6.07) is 7.19. The Morgan fingerprint density at radius 2 is 2.35 bits per heavy atom. The third-order valence-electron chi connectivity index (χ3n) is 2.94. The number of nitrogens with zero attached hydrogens (tertiary/aromatic N) is 1. The van der Waals surface area contributed by atoms with E-state index in [0.717, 1.165) is 18.4 Å².